The van der Waals surface area contributed by atoms with Crippen molar-refractivity contribution in [3.8, 4) is 0 Å². The first-order valence-corrected chi connectivity index (χ1v) is 8.00. The summed E-state index contributed by atoms with van der Waals surface area (Å²) in [6.45, 7) is 5.62. The number of rotatable bonds is 4. The van der Waals surface area contributed by atoms with Gasteiger partial charge in [0.15, 0.2) is 0 Å². The molecule has 0 amide bonds. The molecular formula is C16H29NO2. The van der Waals surface area contributed by atoms with Crippen LogP contribution in [-0.4, -0.2) is 37.5 Å². The van der Waals surface area contributed by atoms with Gasteiger partial charge in [0, 0.05) is 25.1 Å². The highest BCUT2D eigenvalue weighted by Gasteiger charge is 2.49. The molecule has 0 radical (unpaired) electrons. The van der Waals surface area contributed by atoms with Crippen LogP contribution in [0.25, 0.3) is 0 Å². The Morgan fingerprint density at radius 3 is 2.58 bits per heavy atom. The Morgan fingerprint density at radius 2 is 1.95 bits per heavy atom. The van der Waals surface area contributed by atoms with Crippen LogP contribution in [0.1, 0.15) is 58.8 Å². The van der Waals surface area contributed by atoms with E-state index in [1.165, 1.54) is 38.5 Å². The minimum atomic E-state index is 0.262. The molecule has 0 bridgehead atoms. The fourth-order valence-electron chi connectivity index (χ4n) is 4.33. The van der Waals surface area contributed by atoms with Gasteiger partial charge in [0.25, 0.3) is 0 Å². The quantitative estimate of drug-likeness (QED) is 0.849. The van der Waals surface area contributed by atoms with Gasteiger partial charge in [-0.2, -0.15) is 0 Å². The standard InChI is InChI=1S/C16H29NO2/c1-15(2)13(10-14(15)18-3)17-11-12-6-9-16(19-12)7-4-5-8-16/h12-14,17H,4-11H2,1-3H3. The van der Waals surface area contributed by atoms with E-state index in [-0.39, 0.29) is 11.0 Å². The molecule has 3 atom stereocenters. The molecule has 0 aromatic carbocycles. The van der Waals surface area contributed by atoms with E-state index in [4.69, 9.17) is 9.47 Å². The van der Waals surface area contributed by atoms with Crippen LogP contribution in [0.4, 0.5) is 0 Å². The van der Waals surface area contributed by atoms with Crippen molar-refractivity contribution in [2.45, 2.75) is 82.6 Å². The minimum absolute atomic E-state index is 0.262. The molecule has 1 spiro atoms. The topological polar surface area (TPSA) is 30.5 Å². The molecule has 3 nitrogen and oxygen atoms in total. The molecule has 3 unspecified atom stereocenters. The molecular weight excluding hydrogens is 238 g/mol. The van der Waals surface area contributed by atoms with E-state index in [1.54, 1.807) is 0 Å². The zero-order valence-corrected chi connectivity index (χ0v) is 12.7. The molecule has 3 rings (SSSR count). The lowest BCUT2D eigenvalue weighted by Gasteiger charge is -2.51. The molecule has 3 aliphatic rings. The third-order valence-electron chi connectivity index (χ3n) is 5.91. The lowest BCUT2D eigenvalue weighted by Crippen LogP contribution is -2.61. The van der Waals surface area contributed by atoms with E-state index in [0.29, 0.717) is 18.2 Å². The van der Waals surface area contributed by atoms with Crippen molar-refractivity contribution < 1.29 is 9.47 Å². The van der Waals surface area contributed by atoms with Gasteiger partial charge in [0.05, 0.1) is 17.8 Å². The lowest BCUT2D eigenvalue weighted by molar-refractivity contribution is -0.102. The molecule has 0 aromatic heterocycles. The Kier molecular flexibility index (Phi) is 3.65. The summed E-state index contributed by atoms with van der Waals surface area (Å²) in [5.74, 6) is 0. The molecule has 3 fully saturated rings. The summed E-state index contributed by atoms with van der Waals surface area (Å²) in [7, 11) is 1.83. The second-order valence-corrected chi connectivity index (χ2v) is 7.41. The van der Waals surface area contributed by atoms with Gasteiger partial charge in [-0.3, -0.25) is 0 Å². The molecule has 3 heteroatoms. The summed E-state index contributed by atoms with van der Waals surface area (Å²) in [6, 6.07) is 0.584. The maximum Gasteiger partial charge on any atom is 0.0708 e. The van der Waals surface area contributed by atoms with E-state index < -0.39 is 0 Å². The van der Waals surface area contributed by atoms with Crippen molar-refractivity contribution >= 4 is 0 Å². The van der Waals surface area contributed by atoms with Gasteiger partial charge in [-0.25, -0.2) is 0 Å². The highest BCUT2D eigenvalue weighted by atomic mass is 16.5. The fraction of sp³-hybridized carbons (Fsp3) is 1.00. The van der Waals surface area contributed by atoms with Gasteiger partial charge in [0.1, 0.15) is 0 Å². The summed E-state index contributed by atoms with van der Waals surface area (Å²) >= 11 is 0. The third-order valence-corrected chi connectivity index (χ3v) is 5.91. The number of hydrogen-bond acceptors (Lipinski definition) is 3. The minimum Gasteiger partial charge on any atom is -0.381 e. The van der Waals surface area contributed by atoms with E-state index in [9.17, 15) is 0 Å². The SMILES string of the molecule is COC1CC(NCC2CCC3(CCCC3)O2)C1(C)C. The van der Waals surface area contributed by atoms with Crippen LogP contribution in [0.3, 0.4) is 0 Å². The van der Waals surface area contributed by atoms with Crippen molar-refractivity contribution in [3.05, 3.63) is 0 Å². The van der Waals surface area contributed by atoms with Gasteiger partial charge >= 0.3 is 0 Å². The van der Waals surface area contributed by atoms with Gasteiger partial charge < -0.3 is 14.8 Å². The highest BCUT2D eigenvalue weighted by molar-refractivity contribution is 5.03. The molecule has 1 N–H and O–H groups in total. The smallest absolute Gasteiger partial charge is 0.0708 e. The number of methoxy groups -OCH3 is 1. The molecule has 2 saturated carbocycles. The zero-order valence-electron chi connectivity index (χ0n) is 12.7. The second kappa shape index (κ2) is 5.01. The molecule has 1 saturated heterocycles. The summed E-state index contributed by atoms with van der Waals surface area (Å²) in [5, 5.41) is 3.72. The average molecular weight is 267 g/mol. The van der Waals surface area contributed by atoms with Crippen molar-refractivity contribution in [2.24, 2.45) is 5.41 Å². The van der Waals surface area contributed by atoms with E-state index in [2.05, 4.69) is 19.2 Å². The number of hydrogen-bond donors (Lipinski definition) is 1. The van der Waals surface area contributed by atoms with E-state index >= 15 is 0 Å². The normalized spacial score (nSPS) is 39.6. The van der Waals surface area contributed by atoms with Crippen molar-refractivity contribution in [3.63, 3.8) is 0 Å². The first-order valence-electron chi connectivity index (χ1n) is 8.00. The summed E-state index contributed by atoms with van der Waals surface area (Å²) in [5.41, 5.74) is 0.537. The molecule has 1 aliphatic heterocycles. The highest BCUT2D eigenvalue weighted by Crippen LogP contribution is 2.44. The van der Waals surface area contributed by atoms with Crippen molar-refractivity contribution in [1.82, 2.24) is 5.32 Å². The van der Waals surface area contributed by atoms with Crippen LogP contribution in [0.15, 0.2) is 0 Å². The predicted molar refractivity (Wildman–Crippen MR) is 76.3 cm³/mol. The average Bonchev–Trinajstić information content (AvgIpc) is 2.99. The molecule has 0 aromatic rings. The first kappa shape index (κ1) is 13.8. The largest absolute Gasteiger partial charge is 0.381 e. The van der Waals surface area contributed by atoms with E-state index in [1.807, 2.05) is 7.11 Å². The van der Waals surface area contributed by atoms with Crippen LogP contribution in [0.5, 0.6) is 0 Å². The summed E-state index contributed by atoms with van der Waals surface area (Å²) < 4.78 is 11.9. The number of nitrogens with one attached hydrogen (secondary N) is 1. The fourth-order valence-corrected chi connectivity index (χ4v) is 4.33. The monoisotopic (exact) mass is 267 g/mol. The van der Waals surface area contributed by atoms with Crippen LogP contribution >= 0.6 is 0 Å². The van der Waals surface area contributed by atoms with Gasteiger partial charge in [0.2, 0.25) is 0 Å². The Hall–Kier alpha value is -0.120. The Bertz CT molecular complexity index is 323. The van der Waals surface area contributed by atoms with Crippen LogP contribution in [0, 0.1) is 5.41 Å². The van der Waals surface area contributed by atoms with Gasteiger partial charge in [-0.05, 0) is 32.1 Å². The van der Waals surface area contributed by atoms with Crippen molar-refractivity contribution in [2.75, 3.05) is 13.7 Å². The maximum absolute atomic E-state index is 6.36. The third kappa shape index (κ3) is 2.45. The predicted octanol–water partition coefficient (Wildman–Crippen LogP) is 2.88. The maximum atomic E-state index is 6.36. The molecule has 110 valence electrons. The Morgan fingerprint density at radius 1 is 1.21 bits per heavy atom. The Labute approximate surface area is 117 Å². The zero-order chi connectivity index (χ0) is 13.5. The number of ether oxygens (including phenoxy) is 2. The van der Waals surface area contributed by atoms with E-state index in [0.717, 1.165) is 13.0 Å². The molecule has 19 heavy (non-hydrogen) atoms. The first-order chi connectivity index (χ1) is 9.06. The molecule has 2 aliphatic carbocycles. The second-order valence-electron chi connectivity index (χ2n) is 7.41. The molecule has 1 heterocycles. The van der Waals surface area contributed by atoms with Crippen LogP contribution in [0.2, 0.25) is 0 Å². The van der Waals surface area contributed by atoms with Gasteiger partial charge in [-0.1, -0.05) is 26.7 Å². The van der Waals surface area contributed by atoms with Crippen molar-refractivity contribution in [1.29, 1.82) is 0 Å². The van der Waals surface area contributed by atoms with Gasteiger partial charge in [-0.15, -0.1) is 0 Å². The van der Waals surface area contributed by atoms with Crippen LogP contribution < -0.4 is 5.32 Å². The Balaban J connectivity index is 1.44. The summed E-state index contributed by atoms with van der Waals surface area (Å²) in [6.07, 6.45) is 9.85. The summed E-state index contributed by atoms with van der Waals surface area (Å²) in [4.78, 5) is 0. The van der Waals surface area contributed by atoms with Crippen LogP contribution in [-0.2, 0) is 9.47 Å². The lowest BCUT2D eigenvalue weighted by atomic mass is 9.64.